The average molecular weight is 392 g/mol. The van der Waals surface area contributed by atoms with Crippen LogP contribution in [0, 0.1) is 11.3 Å². The molecule has 2 atom stereocenters. The van der Waals surface area contributed by atoms with E-state index >= 15 is 0 Å². The molecule has 0 aromatic carbocycles. The highest BCUT2D eigenvalue weighted by atomic mass is 16.4. The minimum absolute atomic E-state index is 0.0460. The van der Waals surface area contributed by atoms with Gasteiger partial charge >= 0.3 is 5.97 Å². The number of nitrogens with zero attached hydrogens (tertiary/aromatic N) is 2. The molecule has 0 radical (unpaired) electrons. The summed E-state index contributed by atoms with van der Waals surface area (Å²) >= 11 is 0. The van der Waals surface area contributed by atoms with Gasteiger partial charge < -0.3 is 15.1 Å². The van der Waals surface area contributed by atoms with Crippen LogP contribution >= 0.6 is 0 Å². The Morgan fingerprint density at radius 1 is 1.29 bits per heavy atom. The maximum Gasteiger partial charge on any atom is 0.314 e. The standard InChI is InChI=1S/C21H33N3O4/c1-14(2)8-10-21(20(27)28)13-24(11-9-17(21)25)19(26)16-12-22-23-18(16)15-6-4-3-5-7-15/h12,14-15,17,25H,3-11,13H2,1-2H3,(H,22,23)(H,27,28)/t17-,21-/m1/s1. The van der Waals surface area contributed by atoms with E-state index in [1.165, 1.54) is 6.42 Å². The number of hydrogen-bond acceptors (Lipinski definition) is 4. The average Bonchev–Trinajstić information content (AvgIpc) is 3.17. The summed E-state index contributed by atoms with van der Waals surface area (Å²) in [5.41, 5.74) is 0.151. The summed E-state index contributed by atoms with van der Waals surface area (Å²) in [6.45, 7) is 4.49. The molecule has 1 aromatic heterocycles. The maximum atomic E-state index is 13.3. The first-order valence-corrected chi connectivity index (χ1v) is 10.6. The molecule has 156 valence electrons. The van der Waals surface area contributed by atoms with Gasteiger partial charge in [0.1, 0.15) is 5.41 Å². The Morgan fingerprint density at radius 3 is 2.64 bits per heavy atom. The third kappa shape index (κ3) is 4.09. The van der Waals surface area contributed by atoms with Crippen LogP contribution in [0.2, 0.25) is 0 Å². The van der Waals surface area contributed by atoms with Crippen molar-refractivity contribution in [3.8, 4) is 0 Å². The molecule has 0 bridgehead atoms. The Kier molecular flexibility index (Phi) is 6.43. The van der Waals surface area contributed by atoms with Gasteiger partial charge in [-0.3, -0.25) is 14.7 Å². The lowest BCUT2D eigenvalue weighted by Crippen LogP contribution is -2.57. The number of likely N-dealkylation sites (tertiary alicyclic amines) is 1. The van der Waals surface area contributed by atoms with E-state index in [4.69, 9.17) is 0 Å². The van der Waals surface area contributed by atoms with E-state index in [0.717, 1.165) is 31.4 Å². The summed E-state index contributed by atoms with van der Waals surface area (Å²) in [6.07, 6.45) is 7.64. The van der Waals surface area contributed by atoms with Gasteiger partial charge in [-0.2, -0.15) is 5.10 Å². The van der Waals surface area contributed by atoms with Gasteiger partial charge in [-0.1, -0.05) is 33.1 Å². The van der Waals surface area contributed by atoms with Crippen molar-refractivity contribution in [2.24, 2.45) is 11.3 Å². The first-order chi connectivity index (χ1) is 13.3. The summed E-state index contributed by atoms with van der Waals surface area (Å²) in [5.74, 6) is -0.536. The molecule has 1 amide bonds. The maximum absolute atomic E-state index is 13.3. The van der Waals surface area contributed by atoms with Crippen LogP contribution in [-0.4, -0.2) is 56.4 Å². The van der Waals surface area contributed by atoms with Gasteiger partial charge in [0.15, 0.2) is 0 Å². The molecule has 1 aliphatic carbocycles. The fraction of sp³-hybridized carbons (Fsp3) is 0.762. The first-order valence-electron chi connectivity index (χ1n) is 10.6. The fourth-order valence-electron chi connectivity index (χ4n) is 4.70. The highest BCUT2D eigenvalue weighted by Crippen LogP contribution is 2.38. The van der Waals surface area contributed by atoms with Crippen molar-refractivity contribution in [1.29, 1.82) is 0 Å². The molecule has 2 fully saturated rings. The molecule has 0 unspecified atom stereocenters. The van der Waals surface area contributed by atoms with Crippen LogP contribution in [0.25, 0.3) is 0 Å². The van der Waals surface area contributed by atoms with Gasteiger partial charge in [-0.25, -0.2) is 0 Å². The molecule has 3 N–H and O–H groups in total. The summed E-state index contributed by atoms with van der Waals surface area (Å²) in [7, 11) is 0. The predicted molar refractivity (Wildman–Crippen MR) is 105 cm³/mol. The molecule has 1 aromatic rings. The zero-order valence-corrected chi connectivity index (χ0v) is 17.0. The largest absolute Gasteiger partial charge is 0.481 e. The van der Waals surface area contributed by atoms with Gasteiger partial charge in [0, 0.05) is 19.0 Å². The van der Waals surface area contributed by atoms with E-state index in [-0.39, 0.29) is 18.9 Å². The number of piperidine rings is 1. The van der Waals surface area contributed by atoms with Gasteiger partial charge in [-0.15, -0.1) is 0 Å². The first kappa shape index (κ1) is 20.8. The molecule has 0 spiro atoms. The van der Waals surface area contributed by atoms with Crippen molar-refractivity contribution in [3.05, 3.63) is 17.5 Å². The number of aliphatic hydroxyl groups excluding tert-OH is 1. The SMILES string of the molecule is CC(C)CC[C@@]1(C(=O)O)CN(C(=O)c2cn[nH]c2C2CCCCC2)CC[C@H]1O. The molecule has 7 nitrogen and oxygen atoms in total. The molecule has 2 aliphatic rings. The third-order valence-electron chi connectivity index (χ3n) is 6.58. The molecular formula is C21H33N3O4. The summed E-state index contributed by atoms with van der Waals surface area (Å²) in [6, 6.07) is 0. The summed E-state index contributed by atoms with van der Waals surface area (Å²) in [5, 5.41) is 27.6. The fourth-order valence-corrected chi connectivity index (χ4v) is 4.70. The van der Waals surface area contributed by atoms with Crippen LogP contribution in [-0.2, 0) is 4.79 Å². The Labute approximate surface area is 166 Å². The van der Waals surface area contributed by atoms with Gasteiger partial charge in [0.05, 0.1) is 23.6 Å². The van der Waals surface area contributed by atoms with Crippen molar-refractivity contribution in [2.75, 3.05) is 13.1 Å². The number of H-pyrrole nitrogens is 1. The molecule has 28 heavy (non-hydrogen) atoms. The van der Waals surface area contributed by atoms with Crippen LogP contribution in [0.4, 0.5) is 0 Å². The Bertz CT molecular complexity index is 696. The Hall–Kier alpha value is -1.89. The van der Waals surface area contributed by atoms with Gasteiger partial charge in [0.2, 0.25) is 0 Å². The lowest BCUT2D eigenvalue weighted by atomic mass is 9.72. The van der Waals surface area contributed by atoms with E-state index in [9.17, 15) is 19.8 Å². The molecule has 1 aliphatic heterocycles. The zero-order chi connectivity index (χ0) is 20.3. The normalized spacial score (nSPS) is 26.6. The number of hydrogen-bond donors (Lipinski definition) is 3. The number of carbonyl (C=O) groups excluding carboxylic acids is 1. The molecule has 1 saturated heterocycles. The van der Waals surface area contributed by atoms with Crippen molar-refractivity contribution in [3.63, 3.8) is 0 Å². The lowest BCUT2D eigenvalue weighted by Gasteiger charge is -2.43. The lowest BCUT2D eigenvalue weighted by molar-refractivity contribution is -0.163. The monoisotopic (exact) mass is 391 g/mol. The predicted octanol–water partition coefficient (Wildman–Crippen LogP) is 3.17. The summed E-state index contributed by atoms with van der Waals surface area (Å²) < 4.78 is 0. The smallest absolute Gasteiger partial charge is 0.314 e. The second-order valence-electron chi connectivity index (χ2n) is 8.96. The van der Waals surface area contributed by atoms with Crippen LogP contribution in [0.5, 0.6) is 0 Å². The van der Waals surface area contributed by atoms with Crippen LogP contribution in [0.1, 0.15) is 87.2 Å². The number of carbonyl (C=O) groups is 2. The van der Waals surface area contributed by atoms with Crippen LogP contribution in [0.3, 0.4) is 0 Å². The number of amides is 1. The third-order valence-corrected chi connectivity index (χ3v) is 6.58. The number of aromatic amines is 1. The van der Waals surface area contributed by atoms with Gasteiger partial charge in [-0.05, 0) is 38.0 Å². The number of rotatable bonds is 6. The van der Waals surface area contributed by atoms with Crippen molar-refractivity contribution >= 4 is 11.9 Å². The van der Waals surface area contributed by atoms with E-state index in [2.05, 4.69) is 10.2 Å². The Balaban J connectivity index is 1.81. The summed E-state index contributed by atoms with van der Waals surface area (Å²) in [4.78, 5) is 27.0. The number of carboxylic acid groups (broad SMARTS) is 1. The zero-order valence-electron chi connectivity index (χ0n) is 17.0. The van der Waals surface area contributed by atoms with E-state index in [1.54, 1.807) is 11.1 Å². The van der Waals surface area contributed by atoms with Crippen molar-refractivity contribution in [2.45, 2.75) is 77.2 Å². The molecule has 1 saturated carbocycles. The van der Waals surface area contributed by atoms with E-state index in [0.29, 0.717) is 36.8 Å². The van der Waals surface area contributed by atoms with Crippen molar-refractivity contribution in [1.82, 2.24) is 15.1 Å². The second-order valence-corrected chi connectivity index (χ2v) is 8.96. The van der Waals surface area contributed by atoms with Crippen LogP contribution < -0.4 is 0 Å². The topological polar surface area (TPSA) is 107 Å². The minimum atomic E-state index is -1.30. The molecule has 2 heterocycles. The quantitative estimate of drug-likeness (QED) is 0.690. The number of aromatic nitrogens is 2. The number of carboxylic acids is 1. The number of aliphatic carboxylic acids is 1. The van der Waals surface area contributed by atoms with Crippen molar-refractivity contribution < 1.29 is 19.8 Å². The highest BCUT2D eigenvalue weighted by molar-refractivity contribution is 5.95. The molecule has 7 heteroatoms. The minimum Gasteiger partial charge on any atom is -0.481 e. The van der Waals surface area contributed by atoms with Crippen LogP contribution in [0.15, 0.2) is 6.20 Å². The number of nitrogens with one attached hydrogen (secondary N) is 1. The van der Waals surface area contributed by atoms with E-state index < -0.39 is 17.5 Å². The van der Waals surface area contributed by atoms with Gasteiger partial charge in [0.25, 0.3) is 5.91 Å². The van der Waals surface area contributed by atoms with E-state index in [1.807, 2.05) is 13.8 Å². The highest BCUT2D eigenvalue weighted by Gasteiger charge is 2.50. The second kappa shape index (κ2) is 8.64. The number of aliphatic hydroxyl groups is 1. The Morgan fingerprint density at radius 2 is 2.00 bits per heavy atom. The molecule has 3 rings (SSSR count). The molecular weight excluding hydrogens is 358 g/mol.